The lowest BCUT2D eigenvalue weighted by Crippen LogP contribution is -2.26. The molecule has 124 valence electrons. The molecule has 0 saturated heterocycles. The molecule has 2 rings (SSSR count). The SMILES string of the molecule is Cn1cc(C(OC(=O)c2cc(C(N)=O)cn2C)C(F)(F)F)cn1. The molecular weight excluding hydrogens is 317 g/mol. The summed E-state index contributed by atoms with van der Waals surface area (Å²) in [5.41, 5.74) is 4.52. The summed E-state index contributed by atoms with van der Waals surface area (Å²) in [5, 5.41) is 3.63. The predicted molar refractivity (Wildman–Crippen MR) is 71.4 cm³/mol. The number of esters is 1. The van der Waals surface area contributed by atoms with Gasteiger partial charge < -0.3 is 15.0 Å². The highest BCUT2D eigenvalue weighted by atomic mass is 19.4. The molecule has 0 aliphatic rings. The fraction of sp³-hybridized carbons (Fsp3) is 0.308. The van der Waals surface area contributed by atoms with Gasteiger partial charge in [0.25, 0.3) is 0 Å². The van der Waals surface area contributed by atoms with E-state index < -0.39 is 24.2 Å². The molecule has 0 aliphatic carbocycles. The van der Waals surface area contributed by atoms with Gasteiger partial charge in [-0.25, -0.2) is 4.79 Å². The first kappa shape index (κ1) is 16.6. The standard InChI is InChI=1S/C13H13F3N4O3/c1-19-5-7(11(17)21)3-9(19)12(22)23-10(13(14,15)16)8-4-18-20(2)6-8/h3-6,10H,1-2H3,(H2,17,21). The fourth-order valence-corrected chi connectivity index (χ4v) is 1.97. The van der Waals surface area contributed by atoms with Crippen molar-refractivity contribution in [3.63, 3.8) is 0 Å². The lowest BCUT2D eigenvalue weighted by atomic mass is 10.2. The zero-order chi connectivity index (χ0) is 17.4. The number of carbonyl (C=O) groups is 2. The van der Waals surface area contributed by atoms with Gasteiger partial charge in [-0.3, -0.25) is 9.48 Å². The number of carbonyl (C=O) groups excluding carboxylic acids is 2. The molecule has 2 aromatic heterocycles. The van der Waals surface area contributed by atoms with E-state index in [0.717, 1.165) is 23.1 Å². The molecule has 7 nitrogen and oxygen atoms in total. The Balaban J connectivity index is 2.30. The van der Waals surface area contributed by atoms with E-state index in [4.69, 9.17) is 5.73 Å². The number of hydrogen-bond acceptors (Lipinski definition) is 4. The van der Waals surface area contributed by atoms with Crippen molar-refractivity contribution in [1.82, 2.24) is 14.3 Å². The van der Waals surface area contributed by atoms with Crippen molar-refractivity contribution in [2.45, 2.75) is 12.3 Å². The number of primary amides is 1. The largest absolute Gasteiger partial charge is 0.443 e. The van der Waals surface area contributed by atoms with Gasteiger partial charge in [-0.15, -0.1) is 0 Å². The van der Waals surface area contributed by atoms with Gasteiger partial charge in [0.05, 0.1) is 11.8 Å². The van der Waals surface area contributed by atoms with Crippen LogP contribution in [-0.4, -0.2) is 32.4 Å². The van der Waals surface area contributed by atoms with Crippen molar-refractivity contribution < 1.29 is 27.5 Å². The molecule has 2 aromatic rings. The summed E-state index contributed by atoms with van der Waals surface area (Å²) >= 11 is 0. The lowest BCUT2D eigenvalue weighted by molar-refractivity contribution is -0.207. The monoisotopic (exact) mass is 330 g/mol. The van der Waals surface area contributed by atoms with Crippen LogP contribution in [-0.2, 0) is 18.8 Å². The van der Waals surface area contributed by atoms with Crippen molar-refractivity contribution in [3.05, 3.63) is 41.5 Å². The summed E-state index contributed by atoms with van der Waals surface area (Å²) in [7, 11) is 2.82. The Kier molecular flexibility index (Phi) is 4.17. The summed E-state index contributed by atoms with van der Waals surface area (Å²) in [6.45, 7) is 0. The van der Waals surface area contributed by atoms with E-state index in [9.17, 15) is 22.8 Å². The van der Waals surface area contributed by atoms with Crippen LogP contribution in [0, 0.1) is 0 Å². The summed E-state index contributed by atoms with van der Waals surface area (Å²) < 4.78 is 46.3. The topological polar surface area (TPSA) is 92.1 Å². The molecule has 0 spiro atoms. The zero-order valence-electron chi connectivity index (χ0n) is 12.2. The summed E-state index contributed by atoms with van der Waals surface area (Å²) in [6.07, 6.45) is -3.98. The minimum Gasteiger partial charge on any atom is -0.443 e. The maximum atomic E-state index is 13.1. The van der Waals surface area contributed by atoms with Crippen LogP contribution in [0.5, 0.6) is 0 Å². The van der Waals surface area contributed by atoms with Crippen LogP contribution in [0.2, 0.25) is 0 Å². The van der Waals surface area contributed by atoms with Crippen molar-refractivity contribution >= 4 is 11.9 Å². The van der Waals surface area contributed by atoms with Crippen LogP contribution in [0.15, 0.2) is 24.7 Å². The number of nitrogens with two attached hydrogens (primary N) is 1. The van der Waals surface area contributed by atoms with Gasteiger partial charge in [0.1, 0.15) is 5.69 Å². The molecule has 0 radical (unpaired) electrons. The molecule has 0 aliphatic heterocycles. The Morgan fingerprint density at radius 3 is 2.39 bits per heavy atom. The number of aromatic nitrogens is 3. The molecule has 1 atom stereocenters. The Morgan fingerprint density at radius 1 is 1.30 bits per heavy atom. The summed E-state index contributed by atoms with van der Waals surface area (Å²) in [5.74, 6) is -2.04. The fourth-order valence-electron chi connectivity index (χ4n) is 1.97. The smallest absolute Gasteiger partial charge is 0.429 e. The molecule has 0 bridgehead atoms. The number of hydrogen-bond donors (Lipinski definition) is 1. The minimum atomic E-state index is -4.81. The minimum absolute atomic E-state index is 0.00983. The third-order valence-corrected chi connectivity index (χ3v) is 3.05. The van der Waals surface area contributed by atoms with E-state index in [2.05, 4.69) is 9.84 Å². The Hall–Kier alpha value is -2.78. The van der Waals surface area contributed by atoms with Crippen molar-refractivity contribution in [2.24, 2.45) is 19.8 Å². The Labute approximate surface area is 128 Å². The van der Waals surface area contributed by atoms with Crippen molar-refractivity contribution in [3.8, 4) is 0 Å². The van der Waals surface area contributed by atoms with E-state index in [1.807, 2.05) is 0 Å². The van der Waals surface area contributed by atoms with E-state index in [-0.39, 0.29) is 16.8 Å². The van der Waals surface area contributed by atoms with Gasteiger partial charge in [0, 0.05) is 32.1 Å². The van der Waals surface area contributed by atoms with Crippen LogP contribution >= 0.6 is 0 Å². The van der Waals surface area contributed by atoms with Crippen LogP contribution in [0.25, 0.3) is 0 Å². The Bertz CT molecular complexity index is 748. The van der Waals surface area contributed by atoms with Gasteiger partial charge in [-0.2, -0.15) is 18.3 Å². The molecule has 0 fully saturated rings. The van der Waals surface area contributed by atoms with E-state index >= 15 is 0 Å². The van der Waals surface area contributed by atoms with Crippen LogP contribution in [0.1, 0.15) is 32.5 Å². The number of amides is 1. The molecule has 0 saturated carbocycles. The zero-order valence-corrected chi connectivity index (χ0v) is 12.2. The number of nitrogens with zero attached hydrogens (tertiary/aromatic N) is 3. The number of rotatable bonds is 4. The second kappa shape index (κ2) is 5.78. The second-order valence-corrected chi connectivity index (χ2v) is 4.86. The summed E-state index contributed by atoms with van der Waals surface area (Å²) in [4.78, 5) is 23.1. The van der Waals surface area contributed by atoms with Crippen LogP contribution in [0.3, 0.4) is 0 Å². The first-order valence-electron chi connectivity index (χ1n) is 6.32. The van der Waals surface area contributed by atoms with Crippen molar-refractivity contribution in [2.75, 3.05) is 0 Å². The number of aryl methyl sites for hydroxylation is 2. The highest BCUT2D eigenvalue weighted by molar-refractivity contribution is 5.96. The molecule has 10 heteroatoms. The molecule has 1 amide bonds. The quantitative estimate of drug-likeness (QED) is 0.856. The van der Waals surface area contributed by atoms with Gasteiger partial charge >= 0.3 is 12.1 Å². The first-order valence-corrected chi connectivity index (χ1v) is 6.32. The highest BCUT2D eigenvalue weighted by Crippen LogP contribution is 2.36. The average molecular weight is 330 g/mol. The number of ether oxygens (including phenoxy) is 1. The Morgan fingerprint density at radius 2 is 1.96 bits per heavy atom. The normalized spacial score (nSPS) is 12.9. The highest BCUT2D eigenvalue weighted by Gasteiger charge is 2.45. The van der Waals surface area contributed by atoms with E-state index in [0.29, 0.717) is 0 Å². The van der Waals surface area contributed by atoms with Gasteiger partial charge in [-0.05, 0) is 6.07 Å². The predicted octanol–water partition coefficient (Wildman–Crippen LogP) is 1.32. The number of halogens is 3. The molecule has 23 heavy (non-hydrogen) atoms. The third-order valence-electron chi connectivity index (χ3n) is 3.05. The molecule has 2 heterocycles. The molecule has 2 N–H and O–H groups in total. The first-order chi connectivity index (χ1) is 10.6. The second-order valence-electron chi connectivity index (χ2n) is 4.86. The van der Waals surface area contributed by atoms with Crippen molar-refractivity contribution in [1.29, 1.82) is 0 Å². The van der Waals surface area contributed by atoms with Gasteiger partial charge in [-0.1, -0.05) is 0 Å². The number of alkyl halides is 3. The maximum Gasteiger partial charge on any atom is 0.429 e. The van der Waals surface area contributed by atoms with Crippen LogP contribution in [0.4, 0.5) is 13.2 Å². The maximum absolute atomic E-state index is 13.1. The summed E-state index contributed by atoms with van der Waals surface area (Å²) in [6, 6.07) is 1.07. The molecular formula is C13H13F3N4O3. The van der Waals surface area contributed by atoms with Crippen LogP contribution < -0.4 is 5.73 Å². The molecule has 1 unspecified atom stereocenters. The van der Waals surface area contributed by atoms with E-state index in [1.165, 1.54) is 24.9 Å². The average Bonchev–Trinajstić information content (AvgIpc) is 3.00. The van der Waals surface area contributed by atoms with E-state index in [1.54, 1.807) is 0 Å². The lowest BCUT2D eigenvalue weighted by Gasteiger charge is -2.19. The van der Waals surface area contributed by atoms with Gasteiger partial charge in [0.2, 0.25) is 12.0 Å². The molecule has 0 aromatic carbocycles. The van der Waals surface area contributed by atoms with Gasteiger partial charge in [0.15, 0.2) is 0 Å². The third kappa shape index (κ3) is 3.52.